The van der Waals surface area contributed by atoms with Gasteiger partial charge in [0.1, 0.15) is 0 Å². The van der Waals surface area contributed by atoms with Crippen LogP contribution in [-0.4, -0.2) is 55.0 Å². The second-order valence-corrected chi connectivity index (χ2v) is 10.5. The van der Waals surface area contributed by atoms with Gasteiger partial charge >= 0.3 is 7.82 Å². The number of phosphoric ester groups is 1. The van der Waals surface area contributed by atoms with Crippen molar-refractivity contribution in [3.63, 3.8) is 0 Å². The first-order valence-electron chi connectivity index (χ1n) is 13.5. The van der Waals surface area contributed by atoms with Gasteiger partial charge in [-0.3, -0.25) is 13.8 Å². The van der Waals surface area contributed by atoms with Gasteiger partial charge in [0.05, 0.1) is 32.5 Å². The number of carbonyl (C=O) groups excluding carboxylic acids is 1. The number of hydrogen-bond donors (Lipinski definition) is 3. The summed E-state index contributed by atoms with van der Waals surface area (Å²) >= 11 is 0. The molecule has 1 unspecified atom stereocenters. The van der Waals surface area contributed by atoms with Crippen molar-refractivity contribution in [2.75, 3.05) is 33.0 Å². The van der Waals surface area contributed by atoms with Gasteiger partial charge in [-0.1, -0.05) is 97.3 Å². The Labute approximate surface area is 208 Å². The predicted octanol–water partition coefficient (Wildman–Crippen LogP) is 5.90. The molecule has 9 heteroatoms. The Kier molecular flexibility index (Phi) is 23.8. The van der Waals surface area contributed by atoms with E-state index in [1.807, 2.05) is 0 Å². The Morgan fingerprint density at radius 1 is 0.765 bits per heavy atom. The molecule has 3 N–H and O–H groups in total. The fourth-order valence-electron chi connectivity index (χ4n) is 3.62. The molecule has 0 fully saturated rings. The second kappa shape index (κ2) is 24.2. The van der Waals surface area contributed by atoms with Gasteiger partial charge in [-0.2, -0.15) is 0 Å². The molecule has 0 rings (SSSR count). The lowest BCUT2D eigenvalue weighted by Gasteiger charge is -2.20. The summed E-state index contributed by atoms with van der Waals surface area (Å²) in [7, 11) is -4.28. The van der Waals surface area contributed by atoms with Crippen molar-refractivity contribution in [2.45, 2.75) is 123 Å². The van der Waals surface area contributed by atoms with E-state index in [0.717, 1.165) is 32.1 Å². The number of phosphoric acid groups is 1. The lowest BCUT2D eigenvalue weighted by molar-refractivity contribution is -0.122. The monoisotopic (exact) mass is 509 g/mol. The summed E-state index contributed by atoms with van der Waals surface area (Å²) in [5.74, 6) is -0.108. The fourth-order valence-corrected chi connectivity index (χ4v) is 4.37. The van der Waals surface area contributed by atoms with Crippen molar-refractivity contribution in [3.05, 3.63) is 0 Å². The number of aliphatic hydroxyl groups excluding tert-OH is 1. The number of nitrogens with one attached hydrogen (secondary N) is 1. The molecule has 0 spiro atoms. The minimum absolute atomic E-state index is 0.108. The zero-order valence-electron chi connectivity index (χ0n) is 21.8. The highest BCUT2D eigenvalue weighted by molar-refractivity contribution is 7.47. The first-order valence-corrected chi connectivity index (χ1v) is 15.0. The van der Waals surface area contributed by atoms with Gasteiger partial charge in [0.15, 0.2) is 0 Å². The van der Waals surface area contributed by atoms with Gasteiger partial charge in [-0.25, -0.2) is 4.57 Å². The van der Waals surface area contributed by atoms with Crippen LogP contribution in [0.25, 0.3) is 0 Å². The molecule has 0 aliphatic heterocycles. The zero-order valence-corrected chi connectivity index (χ0v) is 22.7. The Bertz CT molecular complexity index is 508. The van der Waals surface area contributed by atoms with E-state index in [9.17, 15) is 14.3 Å². The van der Waals surface area contributed by atoms with Crippen LogP contribution in [0.5, 0.6) is 0 Å². The minimum atomic E-state index is -4.28. The fraction of sp³-hybridized carbons (Fsp3) is 0.960. The summed E-state index contributed by atoms with van der Waals surface area (Å²) in [6.07, 6.45) is 18.0. The number of rotatable bonds is 26. The summed E-state index contributed by atoms with van der Waals surface area (Å²) in [6.45, 7) is 4.32. The van der Waals surface area contributed by atoms with E-state index >= 15 is 0 Å². The molecule has 8 nitrogen and oxygen atoms in total. The van der Waals surface area contributed by atoms with Crippen LogP contribution in [0.3, 0.4) is 0 Å². The predicted molar refractivity (Wildman–Crippen MR) is 137 cm³/mol. The summed E-state index contributed by atoms with van der Waals surface area (Å²) in [4.78, 5) is 22.1. The van der Waals surface area contributed by atoms with E-state index in [4.69, 9.17) is 14.4 Å². The molecule has 0 heterocycles. The van der Waals surface area contributed by atoms with Crippen molar-refractivity contribution in [1.82, 2.24) is 5.32 Å². The Morgan fingerprint density at radius 3 is 1.85 bits per heavy atom. The smallest absolute Gasteiger partial charge is 0.394 e. The van der Waals surface area contributed by atoms with Crippen LogP contribution in [0.4, 0.5) is 0 Å². The van der Waals surface area contributed by atoms with Crippen molar-refractivity contribution in [1.29, 1.82) is 0 Å². The first kappa shape index (κ1) is 33.5. The SMILES string of the molecule is CCCCCCCCCCCC(=O)N[C@H](COCCCCCCCC)COP(=O)(O)OCCO. The number of unbranched alkanes of at least 4 members (excludes halogenated alkanes) is 13. The molecule has 34 heavy (non-hydrogen) atoms. The highest BCUT2D eigenvalue weighted by atomic mass is 31.2. The second-order valence-electron chi connectivity index (χ2n) is 9.01. The van der Waals surface area contributed by atoms with Crippen molar-refractivity contribution in [2.24, 2.45) is 0 Å². The number of hydrogen-bond acceptors (Lipinski definition) is 6. The van der Waals surface area contributed by atoms with Crippen LogP contribution in [0, 0.1) is 0 Å². The van der Waals surface area contributed by atoms with Crippen LogP contribution in [-0.2, 0) is 23.1 Å². The molecule has 1 amide bonds. The van der Waals surface area contributed by atoms with E-state index in [-0.39, 0.29) is 32.3 Å². The van der Waals surface area contributed by atoms with Gasteiger partial charge in [0.25, 0.3) is 0 Å². The van der Waals surface area contributed by atoms with Crippen molar-refractivity contribution in [3.8, 4) is 0 Å². The molecule has 0 saturated carbocycles. The van der Waals surface area contributed by atoms with Crippen LogP contribution in [0.2, 0.25) is 0 Å². The lowest BCUT2D eigenvalue weighted by atomic mass is 10.1. The molecule has 0 radical (unpaired) electrons. The molecule has 0 saturated heterocycles. The van der Waals surface area contributed by atoms with Gasteiger partial charge in [-0.15, -0.1) is 0 Å². The quantitative estimate of drug-likeness (QED) is 0.0983. The van der Waals surface area contributed by atoms with Crippen LogP contribution in [0.1, 0.15) is 117 Å². The van der Waals surface area contributed by atoms with Gasteiger partial charge in [-0.05, 0) is 12.8 Å². The molecule has 0 aromatic heterocycles. The molecule has 204 valence electrons. The molecule has 0 bridgehead atoms. The zero-order chi connectivity index (χ0) is 25.3. The molecule has 0 aliphatic carbocycles. The van der Waals surface area contributed by atoms with Crippen molar-refractivity contribution >= 4 is 13.7 Å². The number of carbonyl (C=O) groups is 1. The van der Waals surface area contributed by atoms with Crippen LogP contribution < -0.4 is 5.32 Å². The largest absolute Gasteiger partial charge is 0.472 e. The third-order valence-corrected chi connectivity index (χ3v) is 6.60. The Morgan fingerprint density at radius 2 is 1.29 bits per heavy atom. The average Bonchev–Trinajstić information content (AvgIpc) is 2.81. The Hall–Kier alpha value is -0.500. The van der Waals surface area contributed by atoms with E-state index in [1.165, 1.54) is 64.2 Å². The molecule has 2 atom stereocenters. The third-order valence-electron chi connectivity index (χ3n) is 5.62. The maximum Gasteiger partial charge on any atom is 0.472 e. The van der Waals surface area contributed by atoms with Gasteiger partial charge < -0.3 is 20.1 Å². The van der Waals surface area contributed by atoms with Crippen LogP contribution >= 0.6 is 7.82 Å². The lowest BCUT2D eigenvalue weighted by Crippen LogP contribution is -2.41. The number of aliphatic hydroxyl groups is 1. The van der Waals surface area contributed by atoms with E-state index in [0.29, 0.717) is 13.0 Å². The number of ether oxygens (including phenoxy) is 1. The van der Waals surface area contributed by atoms with Crippen LogP contribution in [0.15, 0.2) is 0 Å². The summed E-state index contributed by atoms with van der Waals surface area (Å²) in [5, 5.41) is 11.6. The van der Waals surface area contributed by atoms with E-state index in [2.05, 4.69) is 23.7 Å². The molecular formula is C25H52NO7P. The van der Waals surface area contributed by atoms with Crippen molar-refractivity contribution < 1.29 is 33.1 Å². The number of amides is 1. The maximum atomic E-state index is 12.4. The van der Waals surface area contributed by atoms with E-state index in [1.54, 1.807) is 0 Å². The topological polar surface area (TPSA) is 114 Å². The molecule has 0 aromatic rings. The summed E-state index contributed by atoms with van der Waals surface area (Å²) in [6, 6.07) is -0.538. The Balaban J connectivity index is 4.22. The maximum absolute atomic E-state index is 12.4. The average molecular weight is 510 g/mol. The molecular weight excluding hydrogens is 457 g/mol. The minimum Gasteiger partial charge on any atom is -0.394 e. The normalized spacial score (nSPS) is 14.1. The molecule has 0 aromatic carbocycles. The molecule has 0 aliphatic rings. The highest BCUT2D eigenvalue weighted by Gasteiger charge is 2.24. The highest BCUT2D eigenvalue weighted by Crippen LogP contribution is 2.42. The van der Waals surface area contributed by atoms with Gasteiger partial charge in [0.2, 0.25) is 5.91 Å². The summed E-state index contributed by atoms with van der Waals surface area (Å²) < 4.78 is 27.2. The summed E-state index contributed by atoms with van der Waals surface area (Å²) in [5.41, 5.74) is 0. The third kappa shape index (κ3) is 23.3. The first-order chi connectivity index (χ1) is 16.4. The van der Waals surface area contributed by atoms with E-state index < -0.39 is 13.9 Å². The van der Waals surface area contributed by atoms with Gasteiger partial charge in [0, 0.05) is 13.0 Å². The standard InChI is InChI=1S/C25H52NO7P/c1-3-5-7-9-11-12-13-14-16-18-25(28)26-24(23-33-34(29,30)32-21-19-27)22-31-20-17-15-10-8-6-4-2/h24,27H,3-23H2,1-2H3,(H,26,28)(H,29,30)/t24-/m1/s1.